The van der Waals surface area contributed by atoms with Crippen molar-refractivity contribution in [3.05, 3.63) is 35.4 Å². The molecule has 0 amide bonds. The van der Waals surface area contributed by atoms with Crippen molar-refractivity contribution in [3.63, 3.8) is 0 Å². The molecule has 1 N–H and O–H groups in total. The van der Waals surface area contributed by atoms with Crippen LogP contribution >= 0.6 is 0 Å². The molecule has 0 aliphatic carbocycles. The molecule has 88 valence electrons. The summed E-state index contributed by atoms with van der Waals surface area (Å²) < 4.78 is 16.5. The maximum Gasteiger partial charge on any atom is 0.338 e. The number of hydrogen-bond acceptors (Lipinski definition) is 3. The molecule has 0 atom stereocenters. The number of ether oxygens (including phenoxy) is 1. The minimum Gasteiger partial charge on any atom is -0.465 e. The van der Waals surface area contributed by atoms with E-state index in [0.29, 0.717) is 25.1 Å². The lowest BCUT2D eigenvalue weighted by molar-refractivity contribution is 0.0599. The molecule has 0 spiro atoms. The van der Waals surface area contributed by atoms with E-state index in [2.05, 4.69) is 10.1 Å². The van der Waals surface area contributed by atoms with Gasteiger partial charge in [-0.2, -0.15) is 0 Å². The lowest BCUT2D eigenvalue weighted by Gasteiger charge is -2.08. The number of halogens is 1. The number of rotatable bonds is 6. The maximum atomic E-state index is 11.9. The average molecular weight is 225 g/mol. The van der Waals surface area contributed by atoms with Crippen molar-refractivity contribution >= 4 is 5.97 Å². The molecule has 0 aromatic heterocycles. The van der Waals surface area contributed by atoms with Crippen LogP contribution in [-0.4, -0.2) is 26.3 Å². The van der Waals surface area contributed by atoms with Crippen LogP contribution in [0.5, 0.6) is 0 Å². The first kappa shape index (κ1) is 12.6. The summed E-state index contributed by atoms with van der Waals surface area (Å²) in [4.78, 5) is 11.4. The van der Waals surface area contributed by atoms with Crippen LogP contribution in [0.25, 0.3) is 0 Å². The molecule has 1 aromatic rings. The molecule has 1 rings (SSSR count). The first-order valence-electron chi connectivity index (χ1n) is 5.22. The fourth-order valence-electron chi connectivity index (χ4n) is 1.40. The molecule has 0 saturated heterocycles. The summed E-state index contributed by atoms with van der Waals surface area (Å²) in [5.41, 5.74) is 1.42. The Morgan fingerprint density at radius 3 is 2.88 bits per heavy atom. The van der Waals surface area contributed by atoms with Crippen LogP contribution in [0, 0.1) is 0 Å². The smallest absolute Gasteiger partial charge is 0.338 e. The lowest BCUT2D eigenvalue weighted by Crippen LogP contribution is -2.17. The van der Waals surface area contributed by atoms with E-state index in [1.54, 1.807) is 12.1 Å². The number of esters is 1. The van der Waals surface area contributed by atoms with Gasteiger partial charge >= 0.3 is 5.97 Å². The summed E-state index contributed by atoms with van der Waals surface area (Å²) in [7, 11) is 1.36. The second kappa shape index (κ2) is 6.95. The Labute approximate surface area is 94.6 Å². The molecule has 0 saturated carbocycles. The standard InChI is InChI=1S/C12H16FNO2/c1-16-12(15)11-6-3-2-5-10(11)9-14-8-4-7-13/h2-3,5-6,14H,4,7-9H2,1H3. The van der Waals surface area contributed by atoms with Crippen molar-refractivity contribution < 1.29 is 13.9 Å². The Morgan fingerprint density at radius 1 is 1.44 bits per heavy atom. The number of hydrogen-bond donors (Lipinski definition) is 1. The number of nitrogens with one attached hydrogen (secondary N) is 1. The van der Waals surface area contributed by atoms with Gasteiger partial charge in [-0.05, 0) is 24.6 Å². The van der Waals surface area contributed by atoms with Crippen LogP contribution in [-0.2, 0) is 11.3 Å². The van der Waals surface area contributed by atoms with E-state index in [-0.39, 0.29) is 12.6 Å². The van der Waals surface area contributed by atoms with E-state index in [9.17, 15) is 9.18 Å². The normalized spacial score (nSPS) is 10.1. The highest BCUT2D eigenvalue weighted by molar-refractivity contribution is 5.90. The van der Waals surface area contributed by atoms with Gasteiger partial charge in [0.2, 0.25) is 0 Å². The third-order valence-corrected chi connectivity index (χ3v) is 2.23. The SMILES string of the molecule is COC(=O)c1ccccc1CNCCCF. The van der Waals surface area contributed by atoms with Gasteiger partial charge in [-0.3, -0.25) is 4.39 Å². The third-order valence-electron chi connectivity index (χ3n) is 2.23. The molecule has 0 aliphatic heterocycles. The lowest BCUT2D eigenvalue weighted by atomic mass is 10.1. The highest BCUT2D eigenvalue weighted by Crippen LogP contribution is 2.09. The highest BCUT2D eigenvalue weighted by Gasteiger charge is 2.09. The minimum absolute atomic E-state index is 0.328. The zero-order chi connectivity index (χ0) is 11.8. The second-order valence-electron chi connectivity index (χ2n) is 3.37. The van der Waals surface area contributed by atoms with Gasteiger partial charge in [0, 0.05) is 6.54 Å². The van der Waals surface area contributed by atoms with Crippen LogP contribution in [0.3, 0.4) is 0 Å². The van der Waals surface area contributed by atoms with Crippen molar-refractivity contribution in [3.8, 4) is 0 Å². The monoisotopic (exact) mass is 225 g/mol. The van der Waals surface area contributed by atoms with Gasteiger partial charge < -0.3 is 10.1 Å². The maximum absolute atomic E-state index is 11.9. The summed E-state index contributed by atoms with van der Waals surface area (Å²) in [6, 6.07) is 7.22. The number of alkyl halides is 1. The predicted octanol–water partition coefficient (Wildman–Crippen LogP) is 1.92. The molecular weight excluding hydrogens is 209 g/mol. The fourth-order valence-corrected chi connectivity index (χ4v) is 1.40. The van der Waals surface area contributed by atoms with Crippen LogP contribution in [0.2, 0.25) is 0 Å². The van der Waals surface area contributed by atoms with Crippen molar-refractivity contribution in [1.82, 2.24) is 5.32 Å². The molecular formula is C12H16FNO2. The summed E-state index contributed by atoms with van der Waals surface area (Å²) in [5, 5.41) is 3.07. The molecule has 0 unspecified atom stereocenters. The number of methoxy groups -OCH3 is 1. The van der Waals surface area contributed by atoms with E-state index >= 15 is 0 Å². The van der Waals surface area contributed by atoms with Crippen LogP contribution in [0.1, 0.15) is 22.3 Å². The van der Waals surface area contributed by atoms with Crippen molar-refractivity contribution in [2.24, 2.45) is 0 Å². The van der Waals surface area contributed by atoms with E-state index in [4.69, 9.17) is 0 Å². The molecule has 0 heterocycles. The molecule has 1 aromatic carbocycles. The highest BCUT2D eigenvalue weighted by atomic mass is 19.1. The largest absolute Gasteiger partial charge is 0.465 e. The minimum atomic E-state index is -0.345. The summed E-state index contributed by atoms with van der Waals surface area (Å²) >= 11 is 0. The Kier molecular flexibility index (Phi) is 5.50. The van der Waals surface area contributed by atoms with Gasteiger partial charge in [-0.15, -0.1) is 0 Å². The zero-order valence-corrected chi connectivity index (χ0v) is 9.33. The van der Waals surface area contributed by atoms with Gasteiger partial charge in [0.1, 0.15) is 0 Å². The van der Waals surface area contributed by atoms with Crippen LogP contribution in [0.4, 0.5) is 4.39 Å². The Morgan fingerprint density at radius 2 is 2.19 bits per heavy atom. The van der Waals surface area contributed by atoms with E-state index in [1.807, 2.05) is 12.1 Å². The van der Waals surface area contributed by atoms with Gasteiger partial charge in [-0.1, -0.05) is 18.2 Å². The van der Waals surface area contributed by atoms with Crippen LogP contribution in [0.15, 0.2) is 24.3 Å². The van der Waals surface area contributed by atoms with E-state index < -0.39 is 0 Å². The molecule has 16 heavy (non-hydrogen) atoms. The Hall–Kier alpha value is -1.42. The Bertz CT molecular complexity index is 342. The Balaban J connectivity index is 2.60. The zero-order valence-electron chi connectivity index (χ0n) is 9.33. The van der Waals surface area contributed by atoms with E-state index in [0.717, 1.165) is 5.56 Å². The number of carbonyl (C=O) groups is 1. The molecule has 0 radical (unpaired) electrons. The molecule has 3 nitrogen and oxygen atoms in total. The van der Waals surface area contributed by atoms with E-state index in [1.165, 1.54) is 7.11 Å². The van der Waals surface area contributed by atoms with Gasteiger partial charge in [0.15, 0.2) is 0 Å². The van der Waals surface area contributed by atoms with Crippen molar-refractivity contribution in [1.29, 1.82) is 0 Å². The summed E-state index contributed by atoms with van der Waals surface area (Å²) in [6.45, 7) is 0.822. The van der Waals surface area contributed by atoms with Gasteiger partial charge in [0.25, 0.3) is 0 Å². The summed E-state index contributed by atoms with van der Waals surface area (Å²) in [5.74, 6) is -0.345. The number of carbonyl (C=O) groups excluding carboxylic acids is 1. The average Bonchev–Trinajstić information content (AvgIpc) is 2.34. The molecule has 0 bridgehead atoms. The van der Waals surface area contributed by atoms with Crippen LogP contribution < -0.4 is 5.32 Å². The topological polar surface area (TPSA) is 38.3 Å². The van der Waals surface area contributed by atoms with Crippen molar-refractivity contribution in [2.75, 3.05) is 20.3 Å². The first-order valence-corrected chi connectivity index (χ1v) is 5.22. The third kappa shape index (κ3) is 3.62. The molecule has 0 fully saturated rings. The fraction of sp³-hybridized carbons (Fsp3) is 0.417. The van der Waals surface area contributed by atoms with Gasteiger partial charge in [-0.25, -0.2) is 4.79 Å². The first-order chi connectivity index (χ1) is 7.79. The predicted molar refractivity (Wildman–Crippen MR) is 60.1 cm³/mol. The van der Waals surface area contributed by atoms with Gasteiger partial charge in [0.05, 0.1) is 19.3 Å². The van der Waals surface area contributed by atoms with Crippen molar-refractivity contribution in [2.45, 2.75) is 13.0 Å². The molecule has 0 aliphatic rings. The second-order valence-corrected chi connectivity index (χ2v) is 3.37. The quantitative estimate of drug-likeness (QED) is 0.593. The summed E-state index contributed by atoms with van der Waals surface area (Å²) in [6.07, 6.45) is 0.486. The number of benzene rings is 1. The molecule has 4 heteroatoms.